The number of aromatic hydroxyl groups is 3. The number of aldehydes is 1. The van der Waals surface area contributed by atoms with Crippen LogP contribution >= 0.6 is 0 Å². The van der Waals surface area contributed by atoms with E-state index in [1.807, 2.05) is 0 Å². The Morgan fingerprint density at radius 2 is 1.64 bits per heavy atom. The van der Waals surface area contributed by atoms with Crippen molar-refractivity contribution >= 4 is 18.0 Å². The van der Waals surface area contributed by atoms with Crippen molar-refractivity contribution in [2.45, 2.75) is 32.6 Å². The zero-order valence-corrected chi connectivity index (χ0v) is 15.5. The maximum absolute atomic E-state index is 12.7. The predicted octanol–water partition coefficient (Wildman–Crippen LogP) is 3.58. The van der Waals surface area contributed by atoms with Crippen molar-refractivity contribution < 1.29 is 34.4 Å². The van der Waals surface area contributed by atoms with E-state index in [0.29, 0.717) is 12.7 Å². The van der Waals surface area contributed by atoms with Crippen LogP contribution in [0.1, 0.15) is 69.2 Å². The fourth-order valence-electron chi connectivity index (χ4n) is 2.77. The van der Waals surface area contributed by atoms with Crippen LogP contribution < -0.4 is 0 Å². The number of hydrogen-bond acceptors (Lipinski definition) is 7. The molecule has 7 nitrogen and oxygen atoms in total. The lowest BCUT2D eigenvalue weighted by Gasteiger charge is -2.12. The molecule has 0 amide bonds. The molecule has 0 heterocycles. The smallest absolute Gasteiger partial charge is 0.338 e. The molecule has 0 spiro atoms. The molecule has 28 heavy (non-hydrogen) atoms. The normalized spacial score (nSPS) is 10.5. The van der Waals surface area contributed by atoms with Crippen LogP contribution in [0.2, 0.25) is 0 Å². The first kappa shape index (κ1) is 21.0. The Morgan fingerprint density at radius 3 is 2.25 bits per heavy atom. The molecule has 2 rings (SSSR count). The van der Waals surface area contributed by atoms with Gasteiger partial charge in [0.2, 0.25) is 5.78 Å². The van der Waals surface area contributed by atoms with E-state index in [4.69, 9.17) is 4.74 Å². The minimum atomic E-state index is -0.949. The monoisotopic (exact) mass is 386 g/mol. The number of phenolic OH excluding ortho intramolecular Hbond substituents is 3. The molecule has 3 N–H and O–H groups in total. The lowest BCUT2D eigenvalue weighted by molar-refractivity contribution is 0.0497. The number of unbranched alkanes of at least 4 members (excludes halogenated alkanes) is 3. The maximum Gasteiger partial charge on any atom is 0.338 e. The van der Waals surface area contributed by atoms with Crippen molar-refractivity contribution in [1.29, 1.82) is 0 Å². The lowest BCUT2D eigenvalue weighted by Crippen LogP contribution is -2.11. The molecule has 148 valence electrons. The number of benzene rings is 2. The third-order valence-corrected chi connectivity index (χ3v) is 4.22. The van der Waals surface area contributed by atoms with E-state index in [2.05, 4.69) is 6.92 Å². The molecular weight excluding hydrogens is 364 g/mol. The van der Waals surface area contributed by atoms with Crippen LogP contribution in [-0.2, 0) is 4.74 Å². The molecule has 0 radical (unpaired) electrons. The number of ether oxygens (including phenoxy) is 1. The molecule has 0 atom stereocenters. The fraction of sp³-hybridized carbons (Fsp3) is 0.286. The number of carbonyl (C=O) groups is 3. The van der Waals surface area contributed by atoms with Gasteiger partial charge in [-0.05, 0) is 30.7 Å². The second kappa shape index (κ2) is 9.55. The molecule has 0 aromatic heterocycles. The molecule has 2 aromatic rings. The molecule has 0 aliphatic carbocycles. The minimum absolute atomic E-state index is 0.0758. The molecule has 0 saturated carbocycles. The Hall–Kier alpha value is -3.35. The Bertz CT molecular complexity index is 866. The minimum Gasteiger partial charge on any atom is -0.507 e. The first-order chi connectivity index (χ1) is 13.4. The number of rotatable bonds is 9. The molecule has 2 aromatic carbocycles. The van der Waals surface area contributed by atoms with Crippen LogP contribution in [0, 0.1) is 0 Å². The quantitative estimate of drug-likeness (QED) is 0.261. The zero-order chi connectivity index (χ0) is 20.7. The van der Waals surface area contributed by atoms with E-state index in [-0.39, 0.29) is 17.7 Å². The van der Waals surface area contributed by atoms with Gasteiger partial charge in [0.25, 0.3) is 0 Å². The number of phenols is 3. The van der Waals surface area contributed by atoms with Gasteiger partial charge in [0.1, 0.15) is 22.8 Å². The van der Waals surface area contributed by atoms with Gasteiger partial charge in [-0.2, -0.15) is 0 Å². The highest BCUT2D eigenvalue weighted by molar-refractivity contribution is 6.17. The van der Waals surface area contributed by atoms with Gasteiger partial charge < -0.3 is 20.1 Å². The van der Waals surface area contributed by atoms with Crippen molar-refractivity contribution in [3.8, 4) is 17.2 Å². The third-order valence-electron chi connectivity index (χ3n) is 4.22. The predicted molar refractivity (Wildman–Crippen MR) is 101 cm³/mol. The summed E-state index contributed by atoms with van der Waals surface area (Å²) in [4.78, 5) is 36.3. The SMILES string of the molecule is CCCCCCOC(=O)c1cc(O)c(C(=O)c2c(O)cccc2O)c(C=O)c1. The molecule has 0 unspecified atom stereocenters. The van der Waals surface area contributed by atoms with Crippen LogP contribution in [0.5, 0.6) is 17.2 Å². The van der Waals surface area contributed by atoms with Gasteiger partial charge in [-0.3, -0.25) is 9.59 Å². The molecular formula is C21H22O7. The van der Waals surface area contributed by atoms with Crippen molar-refractivity contribution in [2.24, 2.45) is 0 Å². The van der Waals surface area contributed by atoms with Crippen molar-refractivity contribution in [3.63, 3.8) is 0 Å². The van der Waals surface area contributed by atoms with Crippen molar-refractivity contribution in [1.82, 2.24) is 0 Å². The molecule has 0 aliphatic rings. The van der Waals surface area contributed by atoms with Crippen LogP contribution in [0.3, 0.4) is 0 Å². The van der Waals surface area contributed by atoms with Crippen molar-refractivity contribution in [2.75, 3.05) is 6.61 Å². The highest BCUT2D eigenvalue weighted by atomic mass is 16.5. The summed E-state index contributed by atoms with van der Waals surface area (Å²) in [5, 5.41) is 30.0. The van der Waals surface area contributed by atoms with E-state index in [1.54, 1.807) is 0 Å². The Balaban J connectivity index is 2.30. The van der Waals surface area contributed by atoms with Gasteiger partial charge in [0.15, 0.2) is 6.29 Å². The zero-order valence-electron chi connectivity index (χ0n) is 15.5. The average Bonchev–Trinajstić information content (AvgIpc) is 2.66. The number of ketones is 1. The topological polar surface area (TPSA) is 121 Å². The Labute approximate surface area is 162 Å². The fourth-order valence-corrected chi connectivity index (χ4v) is 2.77. The van der Waals surface area contributed by atoms with Crippen LogP contribution in [0.25, 0.3) is 0 Å². The number of hydrogen-bond donors (Lipinski definition) is 3. The lowest BCUT2D eigenvalue weighted by atomic mass is 9.95. The van der Waals surface area contributed by atoms with Gasteiger partial charge in [-0.25, -0.2) is 4.79 Å². The van der Waals surface area contributed by atoms with E-state index >= 15 is 0 Å². The van der Waals surface area contributed by atoms with E-state index in [9.17, 15) is 29.7 Å². The molecule has 0 fully saturated rings. The second-order valence-corrected chi connectivity index (χ2v) is 6.27. The third kappa shape index (κ3) is 4.68. The van der Waals surface area contributed by atoms with Crippen LogP contribution in [0.4, 0.5) is 0 Å². The molecule has 0 bridgehead atoms. The number of esters is 1. The Morgan fingerprint density at radius 1 is 0.964 bits per heavy atom. The maximum atomic E-state index is 12.7. The Kier molecular flexibility index (Phi) is 7.14. The first-order valence-corrected chi connectivity index (χ1v) is 8.95. The first-order valence-electron chi connectivity index (χ1n) is 8.95. The summed E-state index contributed by atoms with van der Waals surface area (Å²) in [6, 6.07) is 5.86. The summed E-state index contributed by atoms with van der Waals surface area (Å²) in [5.41, 5.74) is -1.21. The van der Waals surface area contributed by atoms with Crippen molar-refractivity contribution in [3.05, 3.63) is 52.6 Å². The molecule has 0 aliphatic heterocycles. The summed E-state index contributed by atoms with van der Waals surface area (Å²) >= 11 is 0. The summed E-state index contributed by atoms with van der Waals surface area (Å²) in [6.07, 6.45) is 4.01. The van der Waals surface area contributed by atoms with Gasteiger partial charge in [0.05, 0.1) is 17.7 Å². The summed E-state index contributed by atoms with van der Waals surface area (Å²) in [6.45, 7) is 2.27. The average molecular weight is 386 g/mol. The standard InChI is InChI=1S/C21H22O7/c1-2-3-4-5-9-28-21(27)13-10-14(12-22)18(17(25)11-13)20(26)19-15(23)7-6-8-16(19)24/h6-8,10-12,23-25H,2-5,9H2,1H3. The van der Waals surface area contributed by atoms with Gasteiger partial charge in [-0.15, -0.1) is 0 Å². The van der Waals surface area contributed by atoms with E-state index in [0.717, 1.165) is 31.4 Å². The largest absolute Gasteiger partial charge is 0.507 e. The molecule has 7 heteroatoms. The van der Waals surface area contributed by atoms with E-state index < -0.39 is 40.1 Å². The van der Waals surface area contributed by atoms with Gasteiger partial charge in [0, 0.05) is 5.56 Å². The highest BCUT2D eigenvalue weighted by Gasteiger charge is 2.25. The van der Waals surface area contributed by atoms with E-state index in [1.165, 1.54) is 18.2 Å². The molecule has 0 saturated heterocycles. The second-order valence-electron chi connectivity index (χ2n) is 6.27. The van der Waals surface area contributed by atoms with Crippen LogP contribution in [-0.4, -0.2) is 40.0 Å². The van der Waals surface area contributed by atoms with Gasteiger partial charge >= 0.3 is 5.97 Å². The summed E-state index contributed by atoms with van der Waals surface area (Å²) in [7, 11) is 0. The highest BCUT2D eigenvalue weighted by Crippen LogP contribution is 2.33. The summed E-state index contributed by atoms with van der Waals surface area (Å²) < 4.78 is 5.12. The van der Waals surface area contributed by atoms with Crippen LogP contribution in [0.15, 0.2) is 30.3 Å². The number of carbonyl (C=O) groups excluding carboxylic acids is 3. The summed E-state index contributed by atoms with van der Waals surface area (Å²) in [5.74, 6) is -3.31. The van der Waals surface area contributed by atoms with Gasteiger partial charge in [-0.1, -0.05) is 32.3 Å².